The van der Waals surface area contributed by atoms with Gasteiger partial charge in [-0.25, -0.2) is 0 Å². The number of benzene rings is 1. The SMILES string of the molecule is COC(=O)Cc1ccccc1CN1CCC2CCCCC21. The molecule has 1 aromatic carbocycles. The van der Waals surface area contributed by atoms with E-state index in [0.29, 0.717) is 6.42 Å². The first-order valence-corrected chi connectivity index (χ1v) is 8.15. The molecule has 21 heavy (non-hydrogen) atoms. The number of hydrogen-bond donors (Lipinski definition) is 0. The predicted octanol–water partition coefficient (Wildman–Crippen LogP) is 3.17. The van der Waals surface area contributed by atoms with Crippen LogP contribution in [0.15, 0.2) is 24.3 Å². The maximum atomic E-state index is 11.6. The van der Waals surface area contributed by atoms with Gasteiger partial charge in [0.05, 0.1) is 13.5 Å². The molecule has 2 aliphatic rings. The van der Waals surface area contributed by atoms with E-state index >= 15 is 0 Å². The van der Waals surface area contributed by atoms with Crippen LogP contribution in [0, 0.1) is 5.92 Å². The normalized spacial score (nSPS) is 25.6. The number of nitrogens with zero attached hydrogens (tertiary/aromatic N) is 1. The van der Waals surface area contributed by atoms with Crippen molar-refractivity contribution in [3.63, 3.8) is 0 Å². The standard InChI is InChI=1S/C18H25NO2/c1-21-18(20)12-15-7-2-3-8-16(15)13-19-11-10-14-6-4-5-9-17(14)19/h2-3,7-8,14,17H,4-6,9-13H2,1H3. The van der Waals surface area contributed by atoms with Crippen molar-refractivity contribution in [3.8, 4) is 0 Å². The van der Waals surface area contributed by atoms with Gasteiger partial charge in [-0.1, -0.05) is 37.1 Å². The summed E-state index contributed by atoms with van der Waals surface area (Å²) in [7, 11) is 1.46. The Balaban J connectivity index is 1.71. The zero-order chi connectivity index (χ0) is 14.7. The van der Waals surface area contributed by atoms with Crippen molar-refractivity contribution in [1.29, 1.82) is 0 Å². The first-order chi connectivity index (χ1) is 10.3. The number of fused-ring (bicyclic) bond motifs is 1. The summed E-state index contributed by atoms with van der Waals surface area (Å²) >= 11 is 0. The monoisotopic (exact) mass is 287 g/mol. The molecule has 0 radical (unpaired) electrons. The van der Waals surface area contributed by atoms with E-state index < -0.39 is 0 Å². The minimum Gasteiger partial charge on any atom is -0.469 e. The average Bonchev–Trinajstić information content (AvgIpc) is 2.92. The highest BCUT2D eigenvalue weighted by Gasteiger charge is 2.35. The van der Waals surface area contributed by atoms with Gasteiger partial charge in [0.25, 0.3) is 0 Å². The molecule has 1 heterocycles. The molecule has 1 aliphatic carbocycles. The molecule has 0 spiro atoms. The Bertz CT molecular complexity index is 500. The van der Waals surface area contributed by atoms with Gasteiger partial charge >= 0.3 is 5.97 Å². The molecule has 1 aromatic rings. The second kappa shape index (κ2) is 6.61. The van der Waals surface area contributed by atoms with Crippen LogP contribution in [0.3, 0.4) is 0 Å². The fraction of sp³-hybridized carbons (Fsp3) is 0.611. The van der Waals surface area contributed by atoms with Crippen molar-refractivity contribution >= 4 is 5.97 Å². The van der Waals surface area contributed by atoms with Gasteiger partial charge in [0.2, 0.25) is 0 Å². The summed E-state index contributed by atoms with van der Waals surface area (Å²) < 4.78 is 4.81. The molecule has 0 bridgehead atoms. The topological polar surface area (TPSA) is 29.5 Å². The highest BCUT2D eigenvalue weighted by molar-refractivity contribution is 5.72. The molecule has 1 saturated heterocycles. The summed E-state index contributed by atoms with van der Waals surface area (Å²) in [5, 5.41) is 0. The number of rotatable bonds is 4. The summed E-state index contributed by atoms with van der Waals surface area (Å²) in [5.41, 5.74) is 2.40. The summed E-state index contributed by atoms with van der Waals surface area (Å²) in [6.07, 6.45) is 7.28. The molecule has 0 N–H and O–H groups in total. The molecular weight excluding hydrogens is 262 g/mol. The van der Waals surface area contributed by atoms with Crippen molar-refractivity contribution in [2.75, 3.05) is 13.7 Å². The fourth-order valence-corrected chi connectivity index (χ4v) is 4.03. The largest absolute Gasteiger partial charge is 0.469 e. The van der Waals surface area contributed by atoms with Gasteiger partial charge in [0, 0.05) is 12.6 Å². The Kier molecular flexibility index (Phi) is 4.59. The Morgan fingerprint density at radius 3 is 2.76 bits per heavy atom. The second-order valence-electron chi connectivity index (χ2n) is 6.39. The number of methoxy groups -OCH3 is 1. The van der Waals surface area contributed by atoms with Crippen LogP contribution in [0.2, 0.25) is 0 Å². The average molecular weight is 287 g/mol. The molecule has 1 aliphatic heterocycles. The number of carbonyl (C=O) groups is 1. The van der Waals surface area contributed by atoms with E-state index in [2.05, 4.69) is 23.1 Å². The summed E-state index contributed by atoms with van der Waals surface area (Å²) in [4.78, 5) is 14.2. The van der Waals surface area contributed by atoms with Crippen molar-refractivity contribution in [1.82, 2.24) is 4.90 Å². The third-order valence-electron chi connectivity index (χ3n) is 5.18. The molecule has 3 heteroatoms. The molecule has 1 saturated carbocycles. The lowest BCUT2D eigenvalue weighted by molar-refractivity contribution is -0.139. The van der Waals surface area contributed by atoms with E-state index in [9.17, 15) is 4.79 Å². The van der Waals surface area contributed by atoms with Gasteiger partial charge in [-0.2, -0.15) is 0 Å². The van der Waals surface area contributed by atoms with Crippen molar-refractivity contribution in [2.45, 2.75) is 51.1 Å². The van der Waals surface area contributed by atoms with E-state index in [1.165, 1.54) is 51.3 Å². The van der Waals surface area contributed by atoms with Gasteiger partial charge < -0.3 is 4.74 Å². The van der Waals surface area contributed by atoms with Crippen LogP contribution in [0.1, 0.15) is 43.2 Å². The van der Waals surface area contributed by atoms with Gasteiger partial charge in [0.1, 0.15) is 0 Å². The van der Waals surface area contributed by atoms with Crippen LogP contribution in [0.25, 0.3) is 0 Å². The van der Waals surface area contributed by atoms with Crippen molar-refractivity contribution in [3.05, 3.63) is 35.4 Å². The maximum Gasteiger partial charge on any atom is 0.309 e. The lowest BCUT2D eigenvalue weighted by Gasteiger charge is -2.32. The highest BCUT2D eigenvalue weighted by Crippen LogP contribution is 2.37. The molecule has 2 unspecified atom stereocenters. The molecule has 0 aromatic heterocycles. The Labute approximate surface area is 127 Å². The van der Waals surface area contributed by atoms with Crippen LogP contribution >= 0.6 is 0 Å². The van der Waals surface area contributed by atoms with Crippen LogP contribution in [-0.4, -0.2) is 30.6 Å². The minimum atomic E-state index is -0.153. The van der Waals surface area contributed by atoms with Crippen LogP contribution in [-0.2, 0) is 22.5 Å². The number of hydrogen-bond acceptors (Lipinski definition) is 3. The lowest BCUT2D eigenvalue weighted by atomic mass is 9.85. The molecule has 3 nitrogen and oxygen atoms in total. The highest BCUT2D eigenvalue weighted by atomic mass is 16.5. The third kappa shape index (κ3) is 3.29. The van der Waals surface area contributed by atoms with Gasteiger partial charge in [-0.15, -0.1) is 0 Å². The van der Waals surface area contributed by atoms with E-state index in [1.807, 2.05) is 6.07 Å². The number of ether oxygens (including phenoxy) is 1. The molecule has 2 atom stereocenters. The fourth-order valence-electron chi connectivity index (χ4n) is 4.03. The van der Waals surface area contributed by atoms with E-state index in [-0.39, 0.29) is 5.97 Å². The summed E-state index contributed by atoms with van der Waals surface area (Å²) in [6, 6.07) is 9.07. The summed E-state index contributed by atoms with van der Waals surface area (Å²) in [5.74, 6) is 0.755. The quantitative estimate of drug-likeness (QED) is 0.797. The second-order valence-corrected chi connectivity index (χ2v) is 6.39. The van der Waals surface area contributed by atoms with E-state index in [0.717, 1.165) is 24.1 Å². The number of carbonyl (C=O) groups excluding carboxylic acids is 1. The zero-order valence-electron chi connectivity index (χ0n) is 12.9. The predicted molar refractivity (Wildman–Crippen MR) is 82.9 cm³/mol. The lowest BCUT2D eigenvalue weighted by Crippen LogP contribution is -2.34. The van der Waals surface area contributed by atoms with Crippen LogP contribution in [0.5, 0.6) is 0 Å². The van der Waals surface area contributed by atoms with Gasteiger partial charge in [0.15, 0.2) is 0 Å². The minimum absolute atomic E-state index is 0.153. The van der Waals surface area contributed by atoms with E-state index in [1.54, 1.807) is 0 Å². The molecular formula is C18H25NO2. The smallest absolute Gasteiger partial charge is 0.309 e. The summed E-state index contributed by atoms with van der Waals surface area (Å²) in [6.45, 7) is 2.19. The van der Waals surface area contributed by atoms with Crippen LogP contribution < -0.4 is 0 Å². The molecule has 3 rings (SSSR count). The Hall–Kier alpha value is -1.35. The first kappa shape index (κ1) is 14.6. The third-order valence-corrected chi connectivity index (χ3v) is 5.18. The van der Waals surface area contributed by atoms with Crippen molar-refractivity contribution in [2.24, 2.45) is 5.92 Å². The van der Waals surface area contributed by atoms with Gasteiger partial charge in [-0.05, 0) is 42.9 Å². The van der Waals surface area contributed by atoms with E-state index in [4.69, 9.17) is 4.74 Å². The molecule has 0 amide bonds. The zero-order valence-corrected chi connectivity index (χ0v) is 12.9. The van der Waals surface area contributed by atoms with Crippen LogP contribution in [0.4, 0.5) is 0 Å². The molecule has 2 fully saturated rings. The Morgan fingerprint density at radius 2 is 1.95 bits per heavy atom. The Morgan fingerprint density at radius 1 is 1.19 bits per heavy atom. The molecule has 114 valence electrons. The maximum absolute atomic E-state index is 11.6. The number of likely N-dealkylation sites (tertiary alicyclic amines) is 1. The first-order valence-electron chi connectivity index (χ1n) is 8.15. The number of esters is 1. The van der Waals surface area contributed by atoms with Gasteiger partial charge in [-0.3, -0.25) is 9.69 Å². The van der Waals surface area contributed by atoms with Crippen molar-refractivity contribution < 1.29 is 9.53 Å².